The SMILES string of the molecule is C=C(C(=O)OC)C(c1ccccc1[N+](=O)[O-])C(C(=O)OCC)[N+](=O)[O-]. The number of rotatable bonds is 8. The molecule has 0 N–H and O–H groups in total. The van der Waals surface area contributed by atoms with Crippen LogP contribution < -0.4 is 0 Å². The first-order valence-electron chi connectivity index (χ1n) is 7.06. The Labute approximate surface area is 142 Å². The van der Waals surface area contributed by atoms with E-state index in [1.807, 2.05) is 0 Å². The maximum absolute atomic E-state index is 12.1. The largest absolute Gasteiger partial charge is 0.466 e. The normalized spacial score (nSPS) is 12.6. The highest BCUT2D eigenvalue weighted by Crippen LogP contribution is 2.35. The van der Waals surface area contributed by atoms with Gasteiger partial charge in [0, 0.05) is 22.1 Å². The van der Waals surface area contributed by atoms with Crippen LogP contribution in [-0.4, -0.2) is 41.5 Å². The van der Waals surface area contributed by atoms with Gasteiger partial charge < -0.3 is 9.47 Å². The number of nitrogens with zero attached hydrogens (tertiary/aromatic N) is 2. The summed E-state index contributed by atoms with van der Waals surface area (Å²) >= 11 is 0. The summed E-state index contributed by atoms with van der Waals surface area (Å²) in [6.07, 6.45) is 0. The summed E-state index contributed by atoms with van der Waals surface area (Å²) in [5.41, 5.74) is -1.17. The van der Waals surface area contributed by atoms with Gasteiger partial charge in [0.15, 0.2) is 0 Å². The predicted molar refractivity (Wildman–Crippen MR) is 84.4 cm³/mol. The minimum absolute atomic E-state index is 0.141. The van der Waals surface area contributed by atoms with Gasteiger partial charge in [-0.15, -0.1) is 0 Å². The van der Waals surface area contributed by atoms with Crippen molar-refractivity contribution in [3.8, 4) is 0 Å². The van der Waals surface area contributed by atoms with Crippen LogP contribution in [0, 0.1) is 20.2 Å². The molecule has 0 aromatic heterocycles. The number of hydrogen-bond donors (Lipinski definition) is 0. The van der Waals surface area contributed by atoms with E-state index >= 15 is 0 Å². The van der Waals surface area contributed by atoms with Crippen LogP contribution in [0.15, 0.2) is 36.4 Å². The van der Waals surface area contributed by atoms with E-state index in [4.69, 9.17) is 0 Å². The number of carbonyl (C=O) groups is 2. The summed E-state index contributed by atoms with van der Waals surface area (Å²) in [7, 11) is 1.02. The molecule has 1 rings (SSSR count). The van der Waals surface area contributed by atoms with Gasteiger partial charge in [0.1, 0.15) is 5.92 Å². The van der Waals surface area contributed by atoms with E-state index in [1.54, 1.807) is 0 Å². The van der Waals surface area contributed by atoms with Gasteiger partial charge in [-0.3, -0.25) is 20.2 Å². The van der Waals surface area contributed by atoms with Crippen LogP contribution in [0.4, 0.5) is 5.69 Å². The van der Waals surface area contributed by atoms with E-state index in [1.165, 1.54) is 25.1 Å². The molecule has 134 valence electrons. The first-order chi connectivity index (χ1) is 11.8. The summed E-state index contributed by atoms with van der Waals surface area (Å²) in [6, 6.07) is 2.97. The number of esters is 2. The highest BCUT2D eigenvalue weighted by Gasteiger charge is 2.47. The lowest BCUT2D eigenvalue weighted by molar-refractivity contribution is -0.513. The number of carbonyl (C=O) groups excluding carboxylic acids is 2. The zero-order valence-electron chi connectivity index (χ0n) is 13.5. The lowest BCUT2D eigenvalue weighted by Crippen LogP contribution is -2.39. The molecule has 0 saturated carbocycles. The second kappa shape index (κ2) is 8.52. The van der Waals surface area contributed by atoms with Gasteiger partial charge in [-0.2, -0.15) is 0 Å². The molecule has 0 bridgehead atoms. The molecular weight excluding hydrogens is 336 g/mol. The second-order valence-electron chi connectivity index (χ2n) is 4.79. The molecule has 25 heavy (non-hydrogen) atoms. The Balaban J connectivity index is 3.62. The standard InChI is InChI=1S/C15H16N2O8/c1-4-25-15(19)13(17(22)23)12(9(2)14(18)24-3)10-7-5-6-8-11(10)16(20)21/h5-8,12-13H,2,4H2,1,3H3. The average Bonchev–Trinajstić information content (AvgIpc) is 2.57. The Hall–Kier alpha value is -3.30. The number of nitro groups is 2. The van der Waals surface area contributed by atoms with Gasteiger partial charge >= 0.3 is 18.0 Å². The van der Waals surface area contributed by atoms with Crippen LogP contribution in [0.5, 0.6) is 0 Å². The topological polar surface area (TPSA) is 139 Å². The molecule has 1 aromatic carbocycles. The summed E-state index contributed by atoms with van der Waals surface area (Å²) in [5, 5.41) is 22.7. The van der Waals surface area contributed by atoms with Crippen molar-refractivity contribution in [2.24, 2.45) is 0 Å². The van der Waals surface area contributed by atoms with Crippen LogP contribution in [0.2, 0.25) is 0 Å². The Morgan fingerprint density at radius 3 is 2.32 bits per heavy atom. The first-order valence-corrected chi connectivity index (χ1v) is 7.06. The molecule has 0 fully saturated rings. The van der Waals surface area contributed by atoms with Crippen LogP contribution in [-0.2, 0) is 19.1 Å². The molecule has 1 aromatic rings. The third-order valence-electron chi connectivity index (χ3n) is 3.36. The monoisotopic (exact) mass is 352 g/mol. The fourth-order valence-corrected chi connectivity index (χ4v) is 2.29. The number of methoxy groups -OCH3 is 1. The van der Waals surface area contributed by atoms with Crippen molar-refractivity contribution in [1.82, 2.24) is 0 Å². The fourth-order valence-electron chi connectivity index (χ4n) is 2.29. The van der Waals surface area contributed by atoms with E-state index < -0.39 is 45.0 Å². The Kier molecular flexibility index (Phi) is 6.73. The van der Waals surface area contributed by atoms with Crippen molar-refractivity contribution in [2.75, 3.05) is 13.7 Å². The van der Waals surface area contributed by atoms with Crippen molar-refractivity contribution >= 4 is 17.6 Å². The van der Waals surface area contributed by atoms with Crippen LogP contribution in [0.3, 0.4) is 0 Å². The van der Waals surface area contributed by atoms with Crippen LogP contribution in [0.1, 0.15) is 18.4 Å². The zero-order valence-corrected chi connectivity index (χ0v) is 13.5. The molecule has 0 saturated heterocycles. The molecule has 0 amide bonds. The molecule has 0 heterocycles. The molecule has 0 aliphatic rings. The maximum Gasteiger partial charge on any atom is 0.382 e. The van der Waals surface area contributed by atoms with E-state index in [0.717, 1.165) is 13.2 Å². The molecular formula is C15H16N2O8. The van der Waals surface area contributed by atoms with E-state index in [-0.39, 0.29) is 12.2 Å². The van der Waals surface area contributed by atoms with Gasteiger partial charge in [0.25, 0.3) is 5.69 Å². The molecule has 2 atom stereocenters. The third-order valence-corrected chi connectivity index (χ3v) is 3.36. The Morgan fingerprint density at radius 1 is 1.24 bits per heavy atom. The van der Waals surface area contributed by atoms with Gasteiger partial charge in [-0.05, 0) is 6.92 Å². The van der Waals surface area contributed by atoms with E-state index in [9.17, 15) is 29.8 Å². The van der Waals surface area contributed by atoms with Crippen molar-refractivity contribution in [1.29, 1.82) is 0 Å². The summed E-state index contributed by atoms with van der Waals surface area (Å²) in [4.78, 5) is 44.9. The number of ether oxygens (including phenoxy) is 2. The highest BCUT2D eigenvalue weighted by atomic mass is 16.6. The summed E-state index contributed by atoms with van der Waals surface area (Å²) in [6.45, 7) is 4.75. The molecule has 0 radical (unpaired) electrons. The quantitative estimate of drug-likeness (QED) is 0.297. The fraction of sp³-hybridized carbons (Fsp3) is 0.333. The average molecular weight is 352 g/mol. The molecule has 10 nitrogen and oxygen atoms in total. The third kappa shape index (κ3) is 4.37. The molecule has 2 unspecified atom stereocenters. The second-order valence-corrected chi connectivity index (χ2v) is 4.79. The lowest BCUT2D eigenvalue weighted by atomic mass is 9.84. The van der Waals surface area contributed by atoms with Crippen LogP contribution in [0.25, 0.3) is 0 Å². The smallest absolute Gasteiger partial charge is 0.382 e. The van der Waals surface area contributed by atoms with Crippen molar-refractivity contribution in [2.45, 2.75) is 18.9 Å². The van der Waals surface area contributed by atoms with Crippen molar-refractivity contribution < 1.29 is 28.9 Å². The molecule has 0 spiro atoms. The number of nitro benzene ring substituents is 1. The summed E-state index contributed by atoms with van der Waals surface area (Å²) < 4.78 is 9.19. The van der Waals surface area contributed by atoms with E-state index in [0.29, 0.717) is 0 Å². The van der Waals surface area contributed by atoms with Crippen molar-refractivity contribution in [3.63, 3.8) is 0 Å². The minimum Gasteiger partial charge on any atom is -0.466 e. The zero-order chi connectivity index (χ0) is 19.1. The van der Waals surface area contributed by atoms with Crippen molar-refractivity contribution in [3.05, 3.63) is 62.2 Å². The van der Waals surface area contributed by atoms with Gasteiger partial charge in [0.2, 0.25) is 0 Å². The van der Waals surface area contributed by atoms with Gasteiger partial charge in [-0.1, -0.05) is 24.8 Å². The lowest BCUT2D eigenvalue weighted by Gasteiger charge is -2.20. The first kappa shape index (κ1) is 19.7. The van der Waals surface area contributed by atoms with Crippen LogP contribution >= 0.6 is 0 Å². The number of para-hydroxylation sites is 1. The molecule has 0 aliphatic heterocycles. The molecule has 10 heteroatoms. The summed E-state index contributed by atoms with van der Waals surface area (Å²) in [5.74, 6) is -3.89. The molecule has 0 aliphatic carbocycles. The Morgan fingerprint density at radius 2 is 1.84 bits per heavy atom. The highest BCUT2D eigenvalue weighted by molar-refractivity contribution is 5.92. The Bertz CT molecular complexity index is 715. The number of benzene rings is 1. The predicted octanol–water partition coefficient (Wildman–Crippen LogP) is 1.62. The van der Waals surface area contributed by atoms with Gasteiger partial charge in [-0.25, -0.2) is 9.59 Å². The van der Waals surface area contributed by atoms with Gasteiger partial charge in [0.05, 0.1) is 18.6 Å². The van der Waals surface area contributed by atoms with E-state index in [2.05, 4.69) is 16.1 Å². The number of hydrogen-bond acceptors (Lipinski definition) is 8. The maximum atomic E-state index is 12.1. The minimum atomic E-state index is -2.09.